The summed E-state index contributed by atoms with van der Waals surface area (Å²) < 4.78 is 5.52. The van der Waals surface area contributed by atoms with E-state index in [1.54, 1.807) is 45.5 Å². The summed E-state index contributed by atoms with van der Waals surface area (Å²) in [7, 11) is 5.01. The maximum absolute atomic E-state index is 12.8. The third kappa shape index (κ3) is 4.05. The maximum Gasteiger partial charge on any atom is 0.256 e. The molecule has 0 fully saturated rings. The molecular weight excluding hydrogens is 390 g/mol. The Balaban J connectivity index is 1.58. The fourth-order valence-corrected chi connectivity index (χ4v) is 3.60. The molecule has 1 heterocycles. The zero-order valence-electron chi connectivity index (χ0n) is 17.7. The van der Waals surface area contributed by atoms with Gasteiger partial charge >= 0.3 is 0 Å². The Kier molecular flexibility index (Phi) is 5.54. The number of nitrogens with zero attached hydrogens (tertiary/aromatic N) is 2. The van der Waals surface area contributed by atoms with E-state index in [4.69, 9.17) is 9.73 Å². The number of carbonyl (C=O) groups is 2. The van der Waals surface area contributed by atoms with E-state index in [0.29, 0.717) is 23.4 Å². The number of nitrogens with one attached hydrogen (secondary N) is 1. The van der Waals surface area contributed by atoms with Crippen LogP contribution in [0.5, 0.6) is 5.75 Å². The van der Waals surface area contributed by atoms with Gasteiger partial charge in [0.05, 0.1) is 12.8 Å². The molecule has 0 saturated heterocycles. The number of hydrogen-bond donors (Lipinski definition) is 1. The summed E-state index contributed by atoms with van der Waals surface area (Å²) in [6, 6.07) is 20.5. The second-order valence-electron chi connectivity index (χ2n) is 7.47. The minimum atomic E-state index is -0.268. The second kappa shape index (κ2) is 8.44. The van der Waals surface area contributed by atoms with Gasteiger partial charge in [-0.15, -0.1) is 0 Å². The monoisotopic (exact) mass is 413 g/mol. The van der Waals surface area contributed by atoms with Crippen molar-refractivity contribution in [3.05, 3.63) is 83.4 Å². The average Bonchev–Trinajstić information content (AvgIpc) is 3.22. The average molecular weight is 413 g/mol. The van der Waals surface area contributed by atoms with E-state index in [0.717, 1.165) is 28.1 Å². The predicted molar refractivity (Wildman–Crippen MR) is 121 cm³/mol. The standard InChI is InChI=1S/C25H23N3O3/c1-28(2)25(30)18-11-9-17(10-12-18)24(29)27-22-15-20-21(31-3)14-13-19(23(20)26-22)16-7-5-4-6-8-16/h4-14H,15H2,1-3H3,(H,26,27,29). The molecule has 2 amide bonds. The van der Waals surface area contributed by atoms with Crippen molar-refractivity contribution in [2.45, 2.75) is 6.42 Å². The predicted octanol–water partition coefficient (Wildman–Crippen LogP) is 4.08. The van der Waals surface area contributed by atoms with Crippen LogP contribution in [0.25, 0.3) is 11.1 Å². The number of benzene rings is 3. The number of carbonyl (C=O) groups excluding carboxylic acids is 2. The van der Waals surface area contributed by atoms with Crippen LogP contribution in [0.1, 0.15) is 26.3 Å². The van der Waals surface area contributed by atoms with E-state index >= 15 is 0 Å². The topological polar surface area (TPSA) is 71.0 Å². The molecule has 31 heavy (non-hydrogen) atoms. The lowest BCUT2D eigenvalue weighted by Gasteiger charge is -2.11. The fourth-order valence-electron chi connectivity index (χ4n) is 3.60. The summed E-state index contributed by atoms with van der Waals surface area (Å²) in [5, 5.41) is 2.90. The normalized spacial score (nSPS) is 12.0. The van der Waals surface area contributed by atoms with Crippen LogP contribution in [0.3, 0.4) is 0 Å². The van der Waals surface area contributed by atoms with Gasteiger partial charge in [0.2, 0.25) is 0 Å². The minimum absolute atomic E-state index is 0.108. The quantitative estimate of drug-likeness (QED) is 0.701. The second-order valence-corrected chi connectivity index (χ2v) is 7.47. The van der Waals surface area contributed by atoms with E-state index in [-0.39, 0.29) is 11.8 Å². The molecule has 0 unspecified atom stereocenters. The Bertz CT molecular complexity index is 1170. The molecule has 156 valence electrons. The first-order valence-electron chi connectivity index (χ1n) is 9.94. The smallest absolute Gasteiger partial charge is 0.256 e. The first kappa shape index (κ1) is 20.3. The van der Waals surface area contributed by atoms with Gasteiger partial charge in [-0.1, -0.05) is 30.3 Å². The zero-order chi connectivity index (χ0) is 22.0. The first-order valence-corrected chi connectivity index (χ1v) is 9.94. The van der Waals surface area contributed by atoms with Crippen LogP contribution in [-0.2, 0) is 6.42 Å². The van der Waals surface area contributed by atoms with Crippen LogP contribution in [0.15, 0.2) is 71.7 Å². The molecule has 6 nitrogen and oxygen atoms in total. The van der Waals surface area contributed by atoms with Gasteiger partial charge in [-0.05, 0) is 42.0 Å². The molecular formula is C25H23N3O3. The van der Waals surface area contributed by atoms with Crippen molar-refractivity contribution < 1.29 is 14.3 Å². The highest BCUT2D eigenvalue weighted by Gasteiger charge is 2.24. The molecule has 0 aliphatic carbocycles. The highest BCUT2D eigenvalue weighted by atomic mass is 16.5. The van der Waals surface area contributed by atoms with Crippen LogP contribution in [0, 0.1) is 0 Å². The van der Waals surface area contributed by atoms with Crippen LogP contribution in [0.2, 0.25) is 0 Å². The van der Waals surface area contributed by atoms with Gasteiger partial charge in [-0.2, -0.15) is 0 Å². The number of ether oxygens (including phenoxy) is 1. The van der Waals surface area contributed by atoms with Gasteiger partial charge < -0.3 is 15.0 Å². The van der Waals surface area contributed by atoms with Crippen molar-refractivity contribution in [3.8, 4) is 16.9 Å². The summed E-state index contributed by atoms with van der Waals surface area (Å²) >= 11 is 0. The Morgan fingerprint density at radius 2 is 1.61 bits per heavy atom. The van der Waals surface area contributed by atoms with Crippen molar-refractivity contribution in [3.63, 3.8) is 0 Å². The third-order valence-electron chi connectivity index (χ3n) is 5.19. The summed E-state index contributed by atoms with van der Waals surface area (Å²) in [6.07, 6.45) is 0.474. The van der Waals surface area contributed by atoms with Crippen LogP contribution in [0.4, 0.5) is 5.69 Å². The van der Waals surface area contributed by atoms with Gasteiger partial charge in [-0.3, -0.25) is 9.59 Å². The number of aliphatic imine (C=N–C) groups is 1. The largest absolute Gasteiger partial charge is 0.496 e. The number of amides is 2. The van der Waals surface area contributed by atoms with Crippen molar-refractivity contribution in [1.29, 1.82) is 0 Å². The molecule has 3 aromatic rings. The van der Waals surface area contributed by atoms with Gasteiger partial charge in [0.15, 0.2) is 0 Å². The molecule has 0 spiro atoms. The number of amidine groups is 1. The Hall–Kier alpha value is -3.93. The molecule has 0 aromatic heterocycles. The Labute approximate surface area is 181 Å². The molecule has 6 heteroatoms. The molecule has 1 aliphatic heterocycles. The van der Waals surface area contributed by atoms with Gasteiger partial charge in [0.25, 0.3) is 11.8 Å². The lowest BCUT2D eigenvalue weighted by Crippen LogP contribution is -2.30. The van der Waals surface area contributed by atoms with E-state index in [1.807, 2.05) is 42.5 Å². The molecule has 0 radical (unpaired) electrons. The Morgan fingerprint density at radius 1 is 0.935 bits per heavy atom. The summed E-state index contributed by atoms with van der Waals surface area (Å²) in [5.41, 5.74) is 4.80. The van der Waals surface area contributed by atoms with E-state index in [9.17, 15) is 9.59 Å². The molecule has 0 atom stereocenters. The van der Waals surface area contributed by atoms with Crippen molar-refractivity contribution in [2.24, 2.45) is 4.99 Å². The SMILES string of the molecule is COc1ccc(-c2ccccc2)c2c1CC(NC(=O)c1ccc(C(=O)N(C)C)cc1)=N2. The van der Waals surface area contributed by atoms with Crippen LogP contribution < -0.4 is 10.1 Å². The molecule has 0 bridgehead atoms. The van der Waals surface area contributed by atoms with E-state index in [1.165, 1.54) is 4.90 Å². The Morgan fingerprint density at radius 3 is 2.26 bits per heavy atom. The highest BCUT2D eigenvalue weighted by Crippen LogP contribution is 2.42. The number of methoxy groups -OCH3 is 1. The number of hydrogen-bond acceptors (Lipinski definition) is 4. The summed E-state index contributed by atoms with van der Waals surface area (Å²) in [6.45, 7) is 0. The maximum atomic E-state index is 12.8. The van der Waals surface area contributed by atoms with E-state index < -0.39 is 0 Å². The van der Waals surface area contributed by atoms with Gasteiger partial charge in [-0.25, -0.2) is 4.99 Å². The molecule has 1 N–H and O–H groups in total. The van der Waals surface area contributed by atoms with Crippen molar-refractivity contribution in [1.82, 2.24) is 10.2 Å². The lowest BCUT2D eigenvalue weighted by molar-refractivity contribution is 0.0826. The zero-order valence-corrected chi connectivity index (χ0v) is 17.7. The number of rotatable bonds is 4. The summed E-state index contributed by atoms with van der Waals surface area (Å²) in [5.74, 6) is 0.933. The highest BCUT2D eigenvalue weighted by molar-refractivity contribution is 6.10. The van der Waals surface area contributed by atoms with Crippen molar-refractivity contribution in [2.75, 3.05) is 21.2 Å². The molecule has 3 aromatic carbocycles. The molecule has 1 aliphatic rings. The van der Waals surface area contributed by atoms with Gasteiger partial charge in [0, 0.05) is 42.8 Å². The lowest BCUT2D eigenvalue weighted by atomic mass is 9.99. The van der Waals surface area contributed by atoms with Gasteiger partial charge in [0.1, 0.15) is 11.6 Å². The number of fused-ring (bicyclic) bond motifs is 1. The summed E-state index contributed by atoms with van der Waals surface area (Å²) in [4.78, 5) is 31.0. The van der Waals surface area contributed by atoms with Crippen LogP contribution >= 0.6 is 0 Å². The first-order chi connectivity index (χ1) is 15.0. The van der Waals surface area contributed by atoms with E-state index in [2.05, 4.69) is 5.32 Å². The van der Waals surface area contributed by atoms with Crippen LogP contribution in [-0.4, -0.2) is 43.8 Å². The minimum Gasteiger partial charge on any atom is -0.496 e. The molecule has 0 saturated carbocycles. The molecule has 4 rings (SSSR count). The third-order valence-corrected chi connectivity index (χ3v) is 5.19. The fraction of sp³-hybridized carbons (Fsp3) is 0.160. The van der Waals surface area contributed by atoms with Crippen molar-refractivity contribution >= 4 is 23.3 Å².